The van der Waals surface area contributed by atoms with Gasteiger partial charge in [0.25, 0.3) is 0 Å². The summed E-state index contributed by atoms with van der Waals surface area (Å²) in [5.41, 5.74) is 3.40. The molecule has 0 radical (unpaired) electrons. The molecular formula is C16H21ClN2O. The zero-order valence-electron chi connectivity index (χ0n) is 12.0. The second kappa shape index (κ2) is 7.36. The monoisotopic (exact) mass is 292 g/mol. The highest BCUT2D eigenvalue weighted by molar-refractivity contribution is 6.31. The van der Waals surface area contributed by atoms with Crippen LogP contribution in [-0.2, 0) is 13.1 Å². The Morgan fingerprint density at radius 3 is 2.80 bits per heavy atom. The molecule has 4 heteroatoms. The maximum Gasteiger partial charge on any atom is 0.0952 e. The Bertz CT molecular complexity index is 525. The summed E-state index contributed by atoms with van der Waals surface area (Å²) in [5.74, 6) is 0. The predicted octanol–water partition coefficient (Wildman–Crippen LogP) is 4.07. The molecule has 0 aliphatic heterocycles. The molecular weight excluding hydrogens is 272 g/mol. The summed E-state index contributed by atoms with van der Waals surface area (Å²) in [6, 6.07) is 8.19. The first-order chi connectivity index (χ1) is 9.70. The molecule has 0 unspecified atom stereocenters. The quantitative estimate of drug-likeness (QED) is 0.780. The van der Waals surface area contributed by atoms with Crippen molar-refractivity contribution >= 4 is 17.3 Å². The van der Waals surface area contributed by atoms with Crippen molar-refractivity contribution in [2.45, 2.75) is 26.4 Å². The first-order valence-electron chi connectivity index (χ1n) is 6.92. The van der Waals surface area contributed by atoms with E-state index in [0.29, 0.717) is 0 Å². The Morgan fingerprint density at radius 1 is 1.30 bits per heavy atom. The fourth-order valence-electron chi connectivity index (χ4n) is 2.06. The summed E-state index contributed by atoms with van der Waals surface area (Å²) < 4.78 is 5.09. The molecule has 2 rings (SSSR count). The summed E-state index contributed by atoms with van der Waals surface area (Å²) in [6.45, 7) is 4.79. The minimum absolute atomic E-state index is 0.806. The highest BCUT2D eigenvalue weighted by atomic mass is 35.5. The van der Waals surface area contributed by atoms with E-state index >= 15 is 0 Å². The lowest BCUT2D eigenvalue weighted by Gasteiger charge is -2.19. The molecule has 0 spiro atoms. The second-order valence-electron chi connectivity index (χ2n) is 4.94. The molecule has 3 nitrogen and oxygen atoms in total. The van der Waals surface area contributed by atoms with Gasteiger partial charge in [-0.1, -0.05) is 24.6 Å². The average Bonchev–Trinajstić information content (AvgIpc) is 2.93. The fourth-order valence-corrected chi connectivity index (χ4v) is 2.31. The number of benzene rings is 1. The van der Waals surface area contributed by atoms with E-state index in [2.05, 4.69) is 29.3 Å². The molecule has 1 aromatic carbocycles. The van der Waals surface area contributed by atoms with Crippen molar-refractivity contribution < 1.29 is 4.42 Å². The molecule has 1 heterocycles. The minimum Gasteiger partial charge on any atom is -0.472 e. The van der Waals surface area contributed by atoms with E-state index in [9.17, 15) is 0 Å². The van der Waals surface area contributed by atoms with Gasteiger partial charge < -0.3 is 14.6 Å². The number of hydrogen-bond acceptors (Lipinski definition) is 3. The van der Waals surface area contributed by atoms with Crippen LogP contribution in [0.5, 0.6) is 0 Å². The van der Waals surface area contributed by atoms with Crippen LogP contribution in [0.2, 0.25) is 5.02 Å². The van der Waals surface area contributed by atoms with Crippen LogP contribution in [-0.4, -0.2) is 13.6 Å². The Labute approximate surface area is 125 Å². The summed E-state index contributed by atoms with van der Waals surface area (Å²) in [6.07, 6.45) is 4.59. The van der Waals surface area contributed by atoms with E-state index in [1.807, 2.05) is 19.2 Å². The lowest BCUT2D eigenvalue weighted by Crippen LogP contribution is -2.17. The van der Waals surface area contributed by atoms with Crippen LogP contribution in [0.4, 0.5) is 5.69 Å². The molecule has 0 bridgehead atoms. The van der Waals surface area contributed by atoms with Crippen molar-refractivity contribution in [2.24, 2.45) is 0 Å². The van der Waals surface area contributed by atoms with Crippen molar-refractivity contribution in [1.29, 1.82) is 0 Å². The van der Waals surface area contributed by atoms with E-state index < -0.39 is 0 Å². The maximum absolute atomic E-state index is 6.35. The number of rotatable bonds is 7. The standard InChI is InChI=1S/C16H21ClN2O/c1-3-7-18-10-14-4-5-15(9-16(14)17)19(2)11-13-6-8-20-12-13/h4-6,8-9,12,18H,3,7,10-11H2,1-2H3. The normalized spacial score (nSPS) is 10.8. The summed E-state index contributed by atoms with van der Waals surface area (Å²) in [4.78, 5) is 2.15. The van der Waals surface area contributed by atoms with E-state index in [4.69, 9.17) is 16.0 Å². The Hall–Kier alpha value is -1.45. The number of furan rings is 1. The van der Waals surface area contributed by atoms with Crippen molar-refractivity contribution in [3.63, 3.8) is 0 Å². The van der Waals surface area contributed by atoms with Gasteiger partial charge in [0, 0.05) is 36.4 Å². The minimum atomic E-state index is 0.806. The molecule has 1 N–H and O–H groups in total. The summed E-state index contributed by atoms with van der Waals surface area (Å²) in [7, 11) is 2.05. The molecule has 0 amide bonds. The van der Waals surface area contributed by atoms with E-state index in [1.54, 1.807) is 12.5 Å². The lowest BCUT2D eigenvalue weighted by atomic mass is 10.2. The van der Waals surface area contributed by atoms with Crippen LogP contribution < -0.4 is 10.2 Å². The van der Waals surface area contributed by atoms with Crippen molar-refractivity contribution in [2.75, 3.05) is 18.5 Å². The third-order valence-corrected chi connectivity index (χ3v) is 3.57. The van der Waals surface area contributed by atoms with Gasteiger partial charge in [0.05, 0.1) is 12.5 Å². The number of anilines is 1. The molecule has 20 heavy (non-hydrogen) atoms. The number of hydrogen-bond donors (Lipinski definition) is 1. The second-order valence-corrected chi connectivity index (χ2v) is 5.35. The molecule has 0 saturated carbocycles. The fraction of sp³-hybridized carbons (Fsp3) is 0.375. The van der Waals surface area contributed by atoms with Gasteiger partial charge in [-0.05, 0) is 36.7 Å². The lowest BCUT2D eigenvalue weighted by molar-refractivity contribution is 0.563. The van der Waals surface area contributed by atoms with Crippen LogP contribution in [0.3, 0.4) is 0 Å². The predicted molar refractivity (Wildman–Crippen MR) is 84.3 cm³/mol. The SMILES string of the molecule is CCCNCc1ccc(N(C)Cc2ccoc2)cc1Cl. The largest absolute Gasteiger partial charge is 0.472 e. The Balaban J connectivity index is 2.00. The highest BCUT2D eigenvalue weighted by Gasteiger charge is 2.06. The van der Waals surface area contributed by atoms with Gasteiger partial charge in [-0.2, -0.15) is 0 Å². The van der Waals surface area contributed by atoms with Gasteiger partial charge in [-0.15, -0.1) is 0 Å². The van der Waals surface area contributed by atoms with Crippen molar-refractivity contribution in [3.05, 3.63) is 52.9 Å². The van der Waals surface area contributed by atoms with E-state index in [0.717, 1.165) is 47.9 Å². The van der Waals surface area contributed by atoms with Gasteiger partial charge in [-0.3, -0.25) is 0 Å². The number of nitrogens with zero attached hydrogens (tertiary/aromatic N) is 1. The van der Waals surface area contributed by atoms with Gasteiger partial charge in [0.2, 0.25) is 0 Å². The van der Waals surface area contributed by atoms with Gasteiger partial charge >= 0.3 is 0 Å². The third-order valence-electron chi connectivity index (χ3n) is 3.22. The molecule has 0 aliphatic carbocycles. The Morgan fingerprint density at radius 2 is 2.15 bits per heavy atom. The first-order valence-corrected chi connectivity index (χ1v) is 7.30. The highest BCUT2D eigenvalue weighted by Crippen LogP contribution is 2.24. The topological polar surface area (TPSA) is 28.4 Å². The van der Waals surface area contributed by atoms with Crippen LogP contribution in [0, 0.1) is 0 Å². The maximum atomic E-state index is 6.35. The van der Waals surface area contributed by atoms with Gasteiger partial charge in [0.1, 0.15) is 0 Å². The summed E-state index contributed by atoms with van der Waals surface area (Å²) >= 11 is 6.35. The molecule has 0 aliphatic rings. The van der Waals surface area contributed by atoms with Crippen LogP contribution in [0.1, 0.15) is 24.5 Å². The zero-order chi connectivity index (χ0) is 14.4. The van der Waals surface area contributed by atoms with E-state index in [1.165, 1.54) is 0 Å². The Kier molecular flexibility index (Phi) is 5.50. The van der Waals surface area contributed by atoms with Gasteiger partial charge in [0.15, 0.2) is 0 Å². The van der Waals surface area contributed by atoms with E-state index in [-0.39, 0.29) is 0 Å². The van der Waals surface area contributed by atoms with Crippen LogP contribution >= 0.6 is 11.6 Å². The molecule has 0 saturated heterocycles. The molecule has 0 fully saturated rings. The molecule has 1 aromatic heterocycles. The van der Waals surface area contributed by atoms with Gasteiger partial charge in [-0.25, -0.2) is 0 Å². The molecule has 0 atom stereocenters. The first kappa shape index (κ1) is 14.9. The smallest absolute Gasteiger partial charge is 0.0952 e. The molecule has 108 valence electrons. The number of halogens is 1. The zero-order valence-corrected chi connectivity index (χ0v) is 12.8. The van der Waals surface area contributed by atoms with Crippen LogP contribution in [0.15, 0.2) is 41.2 Å². The molecule has 2 aromatic rings. The number of nitrogens with one attached hydrogen (secondary N) is 1. The summed E-state index contributed by atoms with van der Waals surface area (Å²) in [5, 5.41) is 4.18. The van der Waals surface area contributed by atoms with Crippen molar-refractivity contribution in [1.82, 2.24) is 5.32 Å². The van der Waals surface area contributed by atoms with Crippen molar-refractivity contribution in [3.8, 4) is 0 Å². The average molecular weight is 293 g/mol. The van der Waals surface area contributed by atoms with Crippen LogP contribution in [0.25, 0.3) is 0 Å². The third kappa shape index (κ3) is 4.02.